The van der Waals surface area contributed by atoms with Gasteiger partial charge in [-0.05, 0) is 19.1 Å². The summed E-state index contributed by atoms with van der Waals surface area (Å²) < 4.78 is 0. The fourth-order valence-electron chi connectivity index (χ4n) is 2.00. The molecular weight excluding hydrogens is 302 g/mol. The van der Waals surface area contributed by atoms with Crippen LogP contribution in [0.25, 0.3) is 11.0 Å². The third-order valence-electron chi connectivity index (χ3n) is 3.03. The summed E-state index contributed by atoms with van der Waals surface area (Å²) in [7, 11) is 0. The number of para-hydroxylation sites is 2. The standard InChI is InChI=1S/C14H13N5O2S/c1-8-18-19-14(22-8)17-12(20)7-6-11-13(21)16-10-5-3-2-4-9(10)15-11/h2-5H,6-7H2,1H3,(H,16,21)(H,17,19,20). The summed E-state index contributed by atoms with van der Waals surface area (Å²) in [5, 5.41) is 11.5. The lowest BCUT2D eigenvalue weighted by molar-refractivity contribution is -0.116. The molecule has 0 spiro atoms. The van der Waals surface area contributed by atoms with Crippen molar-refractivity contribution < 1.29 is 4.79 Å². The number of carbonyl (C=O) groups excluding carboxylic acids is 1. The van der Waals surface area contributed by atoms with Crippen molar-refractivity contribution >= 4 is 33.4 Å². The minimum absolute atomic E-state index is 0.160. The Bertz CT molecular complexity index is 886. The lowest BCUT2D eigenvalue weighted by Crippen LogP contribution is -2.18. The second-order valence-electron chi connectivity index (χ2n) is 4.70. The van der Waals surface area contributed by atoms with Gasteiger partial charge in [-0.15, -0.1) is 10.2 Å². The van der Waals surface area contributed by atoms with Gasteiger partial charge >= 0.3 is 0 Å². The molecule has 0 aliphatic carbocycles. The van der Waals surface area contributed by atoms with E-state index in [9.17, 15) is 9.59 Å². The third-order valence-corrected chi connectivity index (χ3v) is 3.79. The number of H-pyrrole nitrogens is 1. The van der Waals surface area contributed by atoms with Crippen LogP contribution >= 0.6 is 11.3 Å². The Hall–Kier alpha value is -2.61. The van der Waals surface area contributed by atoms with Crippen molar-refractivity contribution in [1.82, 2.24) is 20.2 Å². The molecule has 3 rings (SSSR count). The van der Waals surface area contributed by atoms with E-state index in [1.165, 1.54) is 11.3 Å². The Balaban J connectivity index is 1.69. The molecule has 0 radical (unpaired) electrons. The van der Waals surface area contributed by atoms with Crippen molar-refractivity contribution in [3.63, 3.8) is 0 Å². The van der Waals surface area contributed by atoms with Crippen molar-refractivity contribution in [3.8, 4) is 0 Å². The molecule has 0 fully saturated rings. The summed E-state index contributed by atoms with van der Waals surface area (Å²) in [5.41, 5.74) is 1.47. The predicted octanol–water partition coefficient (Wildman–Crippen LogP) is 1.65. The average Bonchev–Trinajstić information content (AvgIpc) is 2.90. The molecule has 0 saturated carbocycles. The molecule has 2 aromatic heterocycles. The van der Waals surface area contributed by atoms with Crippen LogP contribution in [-0.4, -0.2) is 26.1 Å². The van der Waals surface area contributed by atoms with Gasteiger partial charge in [-0.25, -0.2) is 4.98 Å². The van der Waals surface area contributed by atoms with E-state index in [-0.39, 0.29) is 24.3 Å². The number of amides is 1. The van der Waals surface area contributed by atoms with Crippen LogP contribution in [0.15, 0.2) is 29.1 Å². The highest BCUT2D eigenvalue weighted by atomic mass is 32.1. The maximum Gasteiger partial charge on any atom is 0.270 e. The van der Waals surface area contributed by atoms with E-state index in [4.69, 9.17) is 0 Å². The maximum absolute atomic E-state index is 11.9. The van der Waals surface area contributed by atoms with E-state index in [1.807, 2.05) is 25.1 Å². The topological polar surface area (TPSA) is 101 Å². The third kappa shape index (κ3) is 3.17. The molecule has 0 saturated heterocycles. The average molecular weight is 315 g/mol. The molecule has 3 aromatic rings. The normalized spacial score (nSPS) is 10.8. The first-order valence-electron chi connectivity index (χ1n) is 6.70. The Morgan fingerprint density at radius 3 is 2.91 bits per heavy atom. The second-order valence-corrected chi connectivity index (χ2v) is 5.89. The number of hydrogen-bond donors (Lipinski definition) is 2. The quantitative estimate of drug-likeness (QED) is 0.762. The van der Waals surface area contributed by atoms with Gasteiger partial charge in [0.1, 0.15) is 10.7 Å². The zero-order valence-corrected chi connectivity index (χ0v) is 12.6. The zero-order valence-electron chi connectivity index (χ0n) is 11.8. The van der Waals surface area contributed by atoms with Crippen LogP contribution in [0.1, 0.15) is 17.1 Å². The van der Waals surface area contributed by atoms with E-state index >= 15 is 0 Å². The number of benzene rings is 1. The lowest BCUT2D eigenvalue weighted by Gasteiger charge is -2.03. The molecule has 0 unspecified atom stereocenters. The van der Waals surface area contributed by atoms with Crippen molar-refractivity contribution in [2.75, 3.05) is 5.32 Å². The monoisotopic (exact) mass is 315 g/mol. The second kappa shape index (κ2) is 6.02. The molecule has 8 heteroatoms. The Labute approximate surface area is 129 Å². The fourth-order valence-corrected chi connectivity index (χ4v) is 2.61. The van der Waals surface area contributed by atoms with Crippen molar-refractivity contribution in [2.24, 2.45) is 0 Å². The van der Waals surface area contributed by atoms with Crippen molar-refractivity contribution in [3.05, 3.63) is 45.3 Å². The number of fused-ring (bicyclic) bond motifs is 1. The van der Waals surface area contributed by atoms with Gasteiger partial charge < -0.3 is 10.3 Å². The van der Waals surface area contributed by atoms with Crippen LogP contribution in [0.2, 0.25) is 0 Å². The van der Waals surface area contributed by atoms with Crippen LogP contribution in [0.4, 0.5) is 5.13 Å². The van der Waals surface area contributed by atoms with Crippen molar-refractivity contribution in [2.45, 2.75) is 19.8 Å². The summed E-state index contributed by atoms with van der Waals surface area (Å²) in [4.78, 5) is 30.9. The lowest BCUT2D eigenvalue weighted by atomic mass is 10.2. The van der Waals surface area contributed by atoms with Crippen LogP contribution in [0.3, 0.4) is 0 Å². The summed E-state index contributed by atoms with van der Waals surface area (Å²) in [5.74, 6) is -0.217. The number of carbonyl (C=O) groups is 1. The molecule has 7 nitrogen and oxygen atoms in total. The van der Waals surface area contributed by atoms with Gasteiger partial charge in [0.2, 0.25) is 11.0 Å². The summed E-state index contributed by atoms with van der Waals surface area (Å²) in [6.45, 7) is 1.81. The minimum atomic E-state index is -0.266. The Kier molecular flexibility index (Phi) is 3.92. The van der Waals surface area contributed by atoms with Gasteiger partial charge in [0.15, 0.2) is 0 Å². The number of anilines is 1. The number of hydrogen-bond acceptors (Lipinski definition) is 6. The van der Waals surface area contributed by atoms with Crippen LogP contribution < -0.4 is 10.9 Å². The number of nitrogens with zero attached hydrogens (tertiary/aromatic N) is 3. The maximum atomic E-state index is 11.9. The first kappa shape index (κ1) is 14.3. The van der Waals surface area contributed by atoms with Gasteiger partial charge in [-0.3, -0.25) is 9.59 Å². The summed E-state index contributed by atoms with van der Waals surface area (Å²) in [6.07, 6.45) is 0.427. The van der Waals surface area contributed by atoms with Gasteiger partial charge in [0.25, 0.3) is 5.56 Å². The molecule has 2 heterocycles. The number of rotatable bonds is 4. The van der Waals surface area contributed by atoms with E-state index in [1.54, 1.807) is 6.07 Å². The highest BCUT2D eigenvalue weighted by Gasteiger charge is 2.10. The molecule has 1 amide bonds. The molecule has 2 N–H and O–H groups in total. The Morgan fingerprint density at radius 2 is 2.14 bits per heavy atom. The molecular formula is C14H13N5O2S. The fraction of sp³-hybridized carbons (Fsp3) is 0.214. The first-order chi connectivity index (χ1) is 10.6. The van der Waals surface area contributed by atoms with E-state index in [0.29, 0.717) is 21.9 Å². The number of aromatic amines is 1. The van der Waals surface area contributed by atoms with Crippen LogP contribution in [0, 0.1) is 6.92 Å². The molecule has 22 heavy (non-hydrogen) atoms. The van der Waals surface area contributed by atoms with E-state index in [2.05, 4.69) is 25.5 Å². The largest absolute Gasteiger partial charge is 0.319 e. The Morgan fingerprint density at radius 1 is 1.32 bits per heavy atom. The van der Waals surface area contributed by atoms with Gasteiger partial charge in [0.05, 0.1) is 11.0 Å². The van der Waals surface area contributed by atoms with E-state index in [0.717, 1.165) is 5.01 Å². The molecule has 112 valence electrons. The number of aryl methyl sites for hydroxylation is 2. The molecule has 0 atom stereocenters. The van der Waals surface area contributed by atoms with Gasteiger partial charge in [-0.1, -0.05) is 23.5 Å². The van der Waals surface area contributed by atoms with Gasteiger partial charge in [0, 0.05) is 12.8 Å². The molecule has 0 aliphatic rings. The minimum Gasteiger partial charge on any atom is -0.319 e. The molecule has 1 aromatic carbocycles. The highest BCUT2D eigenvalue weighted by Crippen LogP contribution is 2.14. The van der Waals surface area contributed by atoms with E-state index < -0.39 is 0 Å². The number of aromatic nitrogens is 4. The van der Waals surface area contributed by atoms with Gasteiger partial charge in [-0.2, -0.15) is 0 Å². The predicted molar refractivity (Wildman–Crippen MR) is 84.0 cm³/mol. The summed E-state index contributed by atoms with van der Waals surface area (Å²) in [6, 6.07) is 7.29. The first-order valence-corrected chi connectivity index (χ1v) is 7.51. The highest BCUT2D eigenvalue weighted by molar-refractivity contribution is 7.15. The zero-order chi connectivity index (χ0) is 15.5. The SMILES string of the molecule is Cc1nnc(NC(=O)CCc2nc3ccccc3[nH]c2=O)s1. The van der Waals surface area contributed by atoms with Crippen LogP contribution in [-0.2, 0) is 11.2 Å². The molecule has 0 aliphatic heterocycles. The van der Waals surface area contributed by atoms with Crippen molar-refractivity contribution in [1.29, 1.82) is 0 Å². The smallest absolute Gasteiger partial charge is 0.270 e. The summed E-state index contributed by atoms with van der Waals surface area (Å²) >= 11 is 1.31. The molecule has 0 bridgehead atoms. The van der Waals surface area contributed by atoms with Crippen LogP contribution in [0.5, 0.6) is 0 Å². The number of nitrogens with one attached hydrogen (secondary N) is 2.